The fourth-order valence-electron chi connectivity index (χ4n) is 4.24. The molecule has 1 saturated carbocycles. The largest absolute Gasteiger partial charge is 0.332 e. The summed E-state index contributed by atoms with van der Waals surface area (Å²) in [5, 5.41) is 4.10. The monoisotopic (exact) mass is 423 g/mol. The summed E-state index contributed by atoms with van der Waals surface area (Å²) < 4.78 is 21.5. The average molecular weight is 423 g/mol. The van der Waals surface area contributed by atoms with Crippen molar-refractivity contribution in [3.8, 4) is 17.3 Å². The molecule has 1 aromatic carbocycles. The topological polar surface area (TPSA) is 83.5 Å². The van der Waals surface area contributed by atoms with E-state index in [-0.39, 0.29) is 18.4 Å². The fraction of sp³-hybridized carbons (Fsp3) is 0.429. The van der Waals surface area contributed by atoms with Crippen LogP contribution in [0.5, 0.6) is 0 Å². The number of hydrogen-bond acceptors (Lipinski definition) is 6. The molecule has 1 aliphatic carbocycles. The summed E-state index contributed by atoms with van der Waals surface area (Å²) in [7, 11) is 2.04. The second-order valence-electron chi connectivity index (χ2n) is 8.43. The molecule has 0 spiro atoms. The van der Waals surface area contributed by atoms with Gasteiger partial charge in [-0.2, -0.15) is 4.98 Å². The highest BCUT2D eigenvalue weighted by Crippen LogP contribution is 2.40. The molecule has 31 heavy (non-hydrogen) atoms. The number of likely N-dealkylation sites (N-methyl/N-ethyl adjacent to an activating group) is 1. The fourth-order valence-corrected chi connectivity index (χ4v) is 4.24. The van der Waals surface area contributed by atoms with Gasteiger partial charge in [0.2, 0.25) is 0 Å². The van der Waals surface area contributed by atoms with Crippen LogP contribution < -0.4 is 4.90 Å². The normalized spacial score (nSPS) is 18.8. The molecule has 160 valence electrons. The van der Waals surface area contributed by atoms with E-state index in [1.807, 2.05) is 16.5 Å². The number of nitrogens with zero attached hydrogens (tertiary/aromatic N) is 7. The summed E-state index contributed by atoms with van der Waals surface area (Å²) in [6, 6.07) is 4.34. The van der Waals surface area contributed by atoms with Crippen molar-refractivity contribution in [2.75, 3.05) is 38.1 Å². The molecule has 2 amide bonds. The van der Waals surface area contributed by atoms with Crippen LogP contribution in [-0.4, -0.2) is 68.7 Å². The quantitative estimate of drug-likeness (QED) is 0.630. The number of imidazole rings is 1. The van der Waals surface area contributed by atoms with Gasteiger partial charge in [-0.3, -0.25) is 9.47 Å². The van der Waals surface area contributed by atoms with E-state index in [1.54, 1.807) is 17.3 Å². The lowest BCUT2D eigenvalue weighted by atomic mass is 10.1. The van der Waals surface area contributed by atoms with Crippen LogP contribution in [0.25, 0.3) is 17.3 Å². The summed E-state index contributed by atoms with van der Waals surface area (Å²) in [6.07, 6.45) is 3.82. The van der Waals surface area contributed by atoms with Crippen molar-refractivity contribution in [3.05, 3.63) is 41.9 Å². The third-order valence-electron chi connectivity index (χ3n) is 6.25. The van der Waals surface area contributed by atoms with E-state index in [4.69, 9.17) is 4.52 Å². The highest BCUT2D eigenvalue weighted by atomic mass is 19.1. The molecule has 3 aliphatic rings. The Labute approximate surface area is 178 Å². The number of piperazine rings is 1. The maximum absolute atomic E-state index is 14.1. The molecule has 0 radical (unpaired) electrons. The number of benzene rings is 1. The predicted octanol–water partition coefficient (Wildman–Crippen LogP) is 2.63. The van der Waals surface area contributed by atoms with Crippen molar-refractivity contribution in [2.45, 2.75) is 25.3 Å². The molecule has 0 bridgehead atoms. The zero-order valence-corrected chi connectivity index (χ0v) is 17.2. The summed E-state index contributed by atoms with van der Waals surface area (Å²) >= 11 is 0. The van der Waals surface area contributed by atoms with Crippen molar-refractivity contribution >= 4 is 11.7 Å². The second kappa shape index (κ2) is 6.88. The van der Waals surface area contributed by atoms with E-state index < -0.39 is 0 Å². The van der Waals surface area contributed by atoms with Gasteiger partial charge in [0.15, 0.2) is 11.5 Å². The van der Waals surface area contributed by atoms with Gasteiger partial charge < -0.3 is 14.3 Å². The van der Waals surface area contributed by atoms with Gasteiger partial charge in [-0.25, -0.2) is 14.2 Å². The van der Waals surface area contributed by atoms with E-state index in [0.29, 0.717) is 47.8 Å². The van der Waals surface area contributed by atoms with Crippen molar-refractivity contribution in [3.63, 3.8) is 0 Å². The Morgan fingerprint density at radius 3 is 2.74 bits per heavy atom. The first-order chi connectivity index (χ1) is 15.1. The Kier molecular flexibility index (Phi) is 4.10. The molecule has 0 atom stereocenters. The van der Waals surface area contributed by atoms with Crippen molar-refractivity contribution < 1.29 is 13.7 Å². The third-order valence-corrected chi connectivity index (χ3v) is 6.25. The maximum Gasteiger partial charge on any atom is 0.325 e. The van der Waals surface area contributed by atoms with Gasteiger partial charge in [-0.1, -0.05) is 5.16 Å². The number of carbonyl (C=O) groups is 1. The lowest BCUT2D eigenvalue weighted by Gasteiger charge is -2.38. The molecule has 0 N–H and O–H groups in total. The molecule has 1 saturated heterocycles. The molecule has 4 heterocycles. The minimum absolute atomic E-state index is 0.137. The number of hydrogen-bond donors (Lipinski definition) is 0. The number of anilines is 1. The molecular formula is C21H22FN7O2. The van der Waals surface area contributed by atoms with Crippen LogP contribution in [0.15, 0.2) is 29.0 Å². The van der Waals surface area contributed by atoms with E-state index in [9.17, 15) is 9.18 Å². The predicted molar refractivity (Wildman–Crippen MR) is 109 cm³/mol. The SMILES string of the molecule is CN1CCN(C(=O)N2Cc3c(-c4nc(C5CC5)no4)ncn3-c3ccc(F)cc32)CC1. The standard InChI is InChI=1S/C21H22FN7O2/c1-26-6-8-27(9-7-26)21(30)28-11-17-18(20-24-19(25-31-20)13-2-3-13)23-12-29(17)15-5-4-14(22)10-16(15)28/h4-5,10,12-13H,2-3,6-9,11H2,1H3. The van der Waals surface area contributed by atoms with Gasteiger partial charge in [0.25, 0.3) is 5.89 Å². The van der Waals surface area contributed by atoms with Crippen molar-refractivity contribution in [2.24, 2.45) is 0 Å². The Morgan fingerprint density at radius 2 is 1.97 bits per heavy atom. The Hall–Kier alpha value is -3.27. The minimum Gasteiger partial charge on any atom is -0.332 e. The van der Waals surface area contributed by atoms with Crippen molar-refractivity contribution in [1.29, 1.82) is 0 Å². The van der Waals surface area contributed by atoms with Gasteiger partial charge in [0.05, 0.1) is 23.6 Å². The average Bonchev–Trinajstić information content (AvgIpc) is 3.35. The van der Waals surface area contributed by atoms with Crippen molar-refractivity contribution in [1.82, 2.24) is 29.5 Å². The highest BCUT2D eigenvalue weighted by molar-refractivity contribution is 5.95. The Morgan fingerprint density at radius 1 is 1.16 bits per heavy atom. The second-order valence-corrected chi connectivity index (χ2v) is 8.43. The number of urea groups is 1. The molecule has 2 fully saturated rings. The van der Waals surface area contributed by atoms with Crippen LogP contribution in [0.3, 0.4) is 0 Å². The van der Waals surface area contributed by atoms with Gasteiger partial charge in [0, 0.05) is 32.1 Å². The molecule has 9 nitrogen and oxygen atoms in total. The zero-order valence-electron chi connectivity index (χ0n) is 17.2. The first kappa shape index (κ1) is 18.5. The van der Waals surface area contributed by atoms with Crippen LogP contribution in [0.2, 0.25) is 0 Å². The van der Waals surface area contributed by atoms with Crippen LogP contribution in [0, 0.1) is 5.82 Å². The van der Waals surface area contributed by atoms with E-state index in [0.717, 1.165) is 31.6 Å². The molecule has 3 aromatic rings. The lowest BCUT2D eigenvalue weighted by molar-refractivity contribution is 0.159. The number of aromatic nitrogens is 4. The van der Waals surface area contributed by atoms with Crippen LogP contribution >= 0.6 is 0 Å². The summed E-state index contributed by atoms with van der Waals surface area (Å²) in [5.74, 6) is 1.05. The highest BCUT2D eigenvalue weighted by Gasteiger charge is 2.35. The molecule has 2 aromatic heterocycles. The summed E-state index contributed by atoms with van der Waals surface area (Å²) in [4.78, 5) is 28.1. The van der Waals surface area contributed by atoms with E-state index >= 15 is 0 Å². The molecule has 2 aliphatic heterocycles. The van der Waals surface area contributed by atoms with E-state index in [1.165, 1.54) is 12.1 Å². The van der Waals surface area contributed by atoms with Crippen LogP contribution in [-0.2, 0) is 6.54 Å². The number of fused-ring (bicyclic) bond motifs is 3. The molecule has 10 heteroatoms. The molecule has 0 unspecified atom stereocenters. The first-order valence-electron chi connectivity index (χ1n) is 10.5. The number of halogens is 1. The first-order valence-corrected chi connectivity index (χ1v) is 10.5. The zero-order chi connectivity index (χ0) is 21.1. The van der Waals surface area contributed by atoms with Gasteiger partial charge in [0.1, 0.15) is 12.1 Å². The smallest absolute Gasteiger partial charge is 0.325 e. The Balaban J connectivity index is 1.40. The summed E-state index contributed by atoms with van der Waals surface area (Å²) in [5.41, 5.74) is 2.56. The number of rotatable bonds is 2. The van der Waals surface area contributed by atoms with Crippen LogP contribution in [0.1, 0.15) is 30.3 Å². The van der Waals surface area contributed by atoms with Gasteiger partial charge >= 0.3 is 6.03 Å². The third kappa shape index (κ3) is 3.09. The number of amides is 2. The van der Waals surface area contributed by atoms with Crippen LogP contribution in [0.4, 0.5) is 14.9 Å². The Bertz CT molecular complexity index is 1160. The van der Waals surface area contributed by atoms with E-state index in [2.05, 4.69) is 20.0 Å². The lowest BCUT2D eigenvalue weighted by Crippen LogP contribution is -2.52. The molecule has 6 rings (SSSR count). The minimum atomic E-state index is -0.385. The molecular weight excluding hydrogens is 401 g/mol. The van der Waals surface area contributed by atoms with Gasteiger partial charge in [-0.05, 0) is 38.1 Å². The maximum atomic E-state index is 14.1. The van der Waals surface area contributed by atoms with Gasteiger partial charge in [-0.15, -0.1) is 0 Å². The summed E-state index contributed by atoms with van der Waals surface area (Å²) in [6.45, 7) is 3.14. The number of carbonyl (C=O) groups excluding carboxylic acids is 1.